The Morgan fingerprint density at radius 1 is 1.47 bits per heavy atom. The number of ether oxygens (including phenoxy) is 1. The fraction of sp³-hybridized carbons (Fsp3) is 0.308. The Balaban J connectivity index is 2.29. The van der Waals surface area contributed by atoms with Crippen LogP contribution in [0, 0.1) is 0 Å². The minimum absolute atomic E-state index is 0.398. The molecule has 0 saturated carbocycles. The molecular formula is C13H15N3O3. The molecule has 0 spiro atoms. The number of nitrogens with zero attached hydrogens (tertiary/aromatic N) is 3. The maximum Gasteiger partial charge on any atom is 0.442 e. The Hall–Kier alpha value is -2.21. The lowest BCUT2D eigenvalue weighted by molar-refractivity contribution is 0.225. The smallest absolute Gasteiger partial charge is 0.380 e. The van der Waals surface area contributed by atoms with Crippen molar-refractivity contribution in [2.45, 2.75) is 13.5 Å². The number of hydrogen-bond acceptors (Lipinski definition) is 5. The van der Waals surface area contributed by atoms with E-state index in [-0.39, 0.29) is 0 Å². The molecule has 0 radical (unpaired) electrons. The molecule has 2 aromatic rings. The zero-order valence-corrected chi connectivity index (χ0v) is 10.9. The van der Waals surface area contributed by atoms with E-state index in [9.17, 15) is 4.79 Å². The Kier molecular flexibility index (Phi) is 4.25. The van der Waals surface area contributed by atoms with Crippen LogP contribution >= 0.6 is 0 Å². The zero-order chi connectivity index (χ0) is 13.7. The highest BCUT2D eigenvalue weighted by atomic mass is 16.5. The van der Waals surface area contributed by atoms with Crippen LogP contribution in [0.3, 0.4) is 0 Å². The maximum absolute atomic E-state index is 11.6. The van der Waals surface area contributed by atoms with E-state index in [1.807, 2.05) is 13.0 Å². The van der Waals surface area contributed by atoms with Crippen molar-refractivity contribution in [2.75, 3.05) is 13.7 Å². The summed E-state index contributed by atoms with van der Waals surface area (Å²) < 4.78 is 11.2. The maximum atomic E-state index is 11.6. The van der Waals surface area contributed by atoms with Gasteiger partial charge in [-0.3, -0.25) is 14.1 Å². The highest BCUT2D eigenvalue weighted by Gasteiger charge is 2.11. The van der Waals surface area contributed by atoms with E-state index in [4.69, 9.17) is 9.26 Å². The molecule has 0 amide bonds. The summed E-state index contributed by atoms with van der Waals surface area (Å²) in [6.07, 6.45) is 5.20. The van der Waals surface area contributed by atoms with Crippen LogP contribution in [-0.4, -0.2) is 28.4 Å². The van der Waals surface area contributed by atoms with Gasteiger partial charge >= 0.3 is 5.76 Å². The molecule has 2 heterocycles. The summed E-state index contributed by atoms with van der Waals surface area (Å²) in [5, 5.41) is 3.80. The van der Waals surface area contributed by atoms with Crippen LogP contribution in [0.25, 0.3) is 11.4 Å². The van der Waals surface area contributed by atoms with Gasteiger partial charge < -0.3 is 4.74 Å². The molecule has 6 heteroatoms. The summed E-state index contributed by atoms with van der Waals surface area (Å²) in [6, 6.07) is 3.55. The van der Waals surface area contributed by atoms with Gasteiger partial charge in [0, 0.05) is 31.6 Å². The normalized spacial score (nSPS) is 11.8. The molecule has 6 nitrogen and oxygen atoms in total. The first-order valence-electron chi connectivity index (χ1n) is 5.84. The number of rotatable bonds is 5. The van der Waals surface area contributed by atoms with E-state index in [0.29, 0.717) is 19.0 Å². The van der Waals surface area contributed by atoms with E-state index in [2.05, 4.69) is 10.1 Å². The highest BCUT2D eigenvalue weighted by molar-refractivity contribution is 5.53. The van der Waals surface area contributed by atoms with Crippen LogP contribution in [-0.2, 0) is 11.3 Å². The predicted octanol–water partition coefficient (Wildman–Crippen LogP) is 1.49. The van der Waals surface area contributed by atoms with Crippen molar-refractivity contribution < 1.29 is 9.26 Å². The topological polar surface area (TPSA) is 70.2 Å². The van der Waals surface area contributed by atoms with Gasteiger partial charge in [0.2, 0.25) is 0 Å². The lowest BCUT2D eigenvalue weighted by Crippen LogP contribution is -2.15. The number of allylic oxidation sites excluding steroid dienone is 1. The monoisotopic (exact) mass is 261 g/mol. The largest absolute Gasteiger partial charge is 0.442 e. The second-order valence-electron chi connectivity index (χ2n) is 4.10. The van der Waals surface area contributed by atoms with Crippen molar-refractivity contribution in [2.24, 2.45) is 0 Å². The second kappa shape index (κ2) is 6.10. The second-order valence-corrected chi connectivity index (χ2v) is 4.10. The van der Waals surface area contributed by atoms with Crippen LogP contribution in [0.2, 0.25) is 0 Å². The first kappa shape index (κ1) is 13.2. The average molecular weight is 261 g/mol. The molecule has 2 aromatic heterocycles. The van der Waals surface area contributed by atoms with Crippen LogP contribution in [0.5, 0.6) is 0 Å². The van der Waals surface area contributed by atoms with Gasteiger partial charge in [0.15, 0.2) is 5.82 Å². The summed E-state index contributed by atoms with van der Waals surface area (Å²) in [6.45, 7) is 2.87. The van der Waals surface area contributed by atoms with Crippen molar-refractivity contribution in [3.05, 3.63) is 46.7 Å². The van der Waals surface area contributed by atoms with Gasteiger partial charge in [-0.05, 0) is 19.1 Å². The van der Waals surface area contributed by atoms with Gasteiger partial charge in [0.1, 0.15) is 0 Å². The van der Waals surface area contributed by atoms with Crippen molar-refractivity contribution in [1.29, 1.82) is 0 Å². The Morgan fingerprint density at radius 2 is 2.21 bits per heavy atom. The van der Waals surface area contributed by atoms with E-state index in [0.717, 1.165) is 11.1 Å². The molecule has 19 heavy (non-hydrogen) atoms. The summed E-state index contributed by atoms with van der Waals surface area (Å²) in [7, 11) is 1.63. The summed E-state index contributed by atoms with van der Waals surface area (Å²) in [5.41, 5.74) is 1.83. The number of pyridine rings is 1. The molecule has 0 atom stereocenters. The average Bonchev–Trinajstić information content (AvgIpc) is 2.79. The number of hydrogen-bond donors (Lipinski definition) is 0. The molecule has 0 aliphatic carbocycles. The van der Waals surface area contributed by atoms with Crippen molar-refractivity contribution in [3.8, 4) is 11.4 Å². The predicted molar refractivity (Wildman–Crippen MR) is 69.6 cm³/mol. The Bertz CT molecular complexity index is 614. The van der Waals surface area contributed by atoms with Crippen LogP contribution in [0.4, 0.5) is 0 Å². The quantitative estimate of drug-likeness (QED) is 0.763. The van der Waals surface area contributed by atoms with Crippen molar-refractivity contribution >= 4 is 0 Å². The molecule has 2 rings (SSSR count). The molecule has 0 saturated heterocycles. The Morgan fingerprint density at radius 3 is 2.89 bits per heavy atom. The molecule has 100 valence electrons. The molecular weight excluding hydrogens is 246 g/mol. The third-order valence-electron chi connectivity index (χ3n) is 2.62. The van der Waals surface area contributed by atoms with Crippen LogP contribution in [0.1, 0.15) is 6.92 Å². The SMILES string of the molecule is COC/C(C)=C/Cn1c(-c2ccncc2)noc1=O. The van der Waals surface area contributed by atoms with Gasteiger partial charge in [-0.2, -0.15) is 0 Å². The van der Waals surface area contributed by atoms with Crippen LogP contribution in [0.15, 0.2) is 45.5 Å². The lowest BCUT2D eigenvalue weighted by Gasteiger charge is -2.02. The molecule has 0 N–H and O–H groups in total. The van der Waals surface area contributed by atoms with Gasteiger partial charge in [-0.1, -0.05) is 16.8 Å². The molecule has 0 aromatic carbocycles. The standard InChI is InChI=1S/C13H15N3O3/c1-10(9-18-2)5-8-16-12(15-19-13(16)17)11-3-6-14-7-4-11/h3-7H,8-9H2,1-2H3/b10-5+. The molecule has 0 aliphatic heterocycles. The summed E-state index contributed by atoms with van der Waals surface area (Å²) in [4.78, 5) is 15.6. The van der Waals surface area contributed by atoms with E-state index < -0.39 is 5.76 Å². The number of aromatic nitrogens is 3. The van der Waals surface area contributed by atoms with Crippen molar-refractivity contribution in [3.63, 3.8) is 0 Å². The number of methoxy groups -OCH3 is 1. The molecule has 0 unspecified atom stereocenters. The van der Waals surface area contributed by atoms with Gasteiger partial charge in [-0.25, -0.2) is 4.79 Å². The molecule has 0 bridgehead atoms. The van der Waals surface area contributed by atoms with Gasteiger partial charge in [0.05, 0.1) is 6.61 Å². The van der Waals surface area contributed by atoms with Crippen LogP contribution < -0.4 is 5.76 Å². The molecule has 0 fully saturated rings. The molecule has 0 aliphatic rings. The minimum Gasteiger partial charge on any atom is -0.380 e. The van der Waals surface area contributed by atoms with E-state index >= 15 is 0 Å². The first-order valence-corrected chi connectivity index (χ1v) is 5.84. The lowest BCUT2D eigenvalue weighted by atomic mass is 10.2. The van der Waals surface area contributed by atoms with E-state index in [1.54, 1.807) is 31.6 Å². The Labute approximate surface area is 110 Å². The summed E-state index contributed by atoms with van der Waals surface area (Å²) in [5.74, 6) is 0.0159. The fourth-order valence-corrected chi connectivity index (χ4v) is 1.67. The first-order chi connectivity index (χ1) is 9.22. The third kappa shape index (κ3) is 3.17. The minimum atomic E-state index is -0.478. The zero-order valence-electron chi connectivity index (χ0n) is 10.9. The fourth-order valence-electron chi connectivity index (χ4n) is 1.67. The highest BCUT2D eigenvalue weighted by Crippen LogP contribution is 2.14. The van der Waals surface area contributed by atoms with Gasteiger partial charge in [0.25, 0.3) is 0 Å². The summed E-state index contributed by atoms with van der Waals surface area (Å²) >= 11 is 0. The van der Waals surface area contributed by atoms with Gasteiger partial charge in [-0.15, -0.1) is 0 Å². The van der Waals surface area contributed by atoms with Crippen molar-refractivity contribution in [1.82, 2.24) is 14.7 Å². The van der Waals surface area contributed by atoms with E-state index in [1.165, 1.54) is 4.57 Å². The third-order valence-corrected chi connectivity index (χ3v) is 2.62.